The summed E-state index contributed by atoms with van der Waals surface area (Å²) in [7, 11) is 2.14. The van der Waals surface area contributed by atoms with Crippen LogP contribution in [0.5, 0.6) is 0 Å². The number of carbonyl (C=O) groups is 1. The van der Waals surface area contributed by atoms with E-state index >= 15 is 0 Å². The summed E-state index contributed by atoms with van der Waals surface area (Å²) in [4.78, 5) is 19.3. The molecule has 0 radical (unpaired) electrons. The maximum atomic E-state index is 12.7. The molecule has 1 N–H and O–H groups in total. The van der Waals surface area contributed by atoms with Gasteiger partial charge in [0.05, 0.1) is 11.8 Å². The predicted molar refractivity (Wildman–Crippen MR) is 96.4 cm³/mol. The summed E-state index contributed by atoms with van der Waals surface area (Å²) in [6, 6.07) is 2.16. The van der Waals surface area contributed by atoms with Crippen molar-refractivity contribution in [1.29, 1.82) is 0 Å². The van der Waals surface area contributed by atoms with Gasteiger partial charge in [0.25, 0.3) is 0 Å². The lowest BCUT2D eigenvalue weighted by Crippen LogP contribution is -2.52. The zero-order valence-corrected chi connectivity index (χ0v) is 15.7. The molecule has 3 heterocycles. The summed E-state index contributed by atoms with van der Waals surface area (Å²) < 4.78 is 1.77. The first-order valence-corrected chi connectivity index (χ1v) is 9.33. The Morgan fingerprint density at radius 3 is 2.48 bits per heavy atom. The number of piperazine rings is 1. The van der Waals surface area contributed by atoms with Crippen LogP contribution in [0.3, 0.4) is 0 Å². The first kappa shape index (κ1) is 18.4. The van der Waals surface area contributed by atoms with E-state index in [1.807, 2.05) is 24.8 Å². The third kappa shape index (κ3) is 4.40. The predicted octanol–water partition coefficient (Wildman–Crippen LogP) is 0.0992. The molecule has 2 aliphatic rings. The summed E-state index contributed by atoms with van der Waals surface area (Å²) in [5, 5.41) is 15.0. The highest BCUT2D eigenvalue weighted by Gasteiger charge is 2.32. The summed E-state index contributed by atoms with van der Waals surface area (Å²) in [5.41, 5.74) is 1.95. The minimum absolute atomic E-state index is 0.0948. The highest BCUT2D eigenvalue weighted by atomic mass is 16.3. The number of aromatic nitrogens is 2. The number of likely N-dealkylation sites (N-methyl/N-ethyl adjacent to an activating group) is 1. The van der Waals surface area contributed by atoms with Crippen molar-refractivity contribution in [3.63, 3.8) is 0 Å². The number of aryl methyl sites for hydroxylation is 2. The second kappa shape index (κ2) is 7.85. The van der Waals surface area contributed by atoms with Crippen LogP contribution in [0.2, 0.25) is 0 Å². The van der Waals surface area contributed by atoms with Crippen molar-refractivity contribution >= 4 is 5.91 Å². The molecular weight excluding hydrogens is 318 g/mol. The standard InChI is InChI=1S/C18H31N5O2/c1-14-12-15(2)23(19-14)13-18(25)22-6-4-16(17(24)5-7-22)21-10-8-20(3)9-11-21/h12,16-17,24H,4-11,13H2,1-3H3/t16-,17-/m0/s1. The lowest BCUT2D eigenvalue weighted by atomic mass is 10.0. The zero-order chi connectivity index (χ0) is 18.0. The molecule has 0 bridgehead atoms. The van der Waals surface area contributed by atoms with Crippen molar-refractivity contribution in [1.82, 2.24) is 24.5 Å². The SMILES string of the molecule is Cc1cc(C)n(CC(=O)N2CC[C@H](O)[C@@H](N3CCN(C)CC3)CC2)n1. The molecule has 0 aliphatic carbocycles. The average Bonchev–Trinajstić information content (AvgIpc) is 2.77. The Balaban J connectivity index is 1.58. The summed E-state index contributed by atoms with van der Waals surface area (Å²) in [6.45, 7) is 9.63. The van der Waals surface area contributed by atoms with Gasteiger partial charge in [-0.15, -0.1) is 0 Å². The van der Waals surface area contributed by atoms with E-state index in [4.69, 9.17) is 0 Å². The van der Waals surface area contributed by atoms with Crippen molar-refractivity contribution in [2.75, 3.05) is 46.3 Å². The molecule has 2 fully saturated rings. The Kier molecular flexibility index (Phi) is 5.76. The number of nitrogens with zero attached hydrogens (tertiary/aromatic N) is 5. The number of aliphatic hydroxyl groups is 1. The van der Waals surface area contributed by atoms with Crippen molar-refractivity contribution in [2.45, 2.75) is 45.4 Å². The smallest absolute Gasteiger partial charge is 0.244 e. The van der Waals surface area contributed by atoms with Crippen LogP contribution in [0.15, 0.2) is 6.07 Å². The number of aliphatic hydroxyl groups excluding tert-OH is 1. The van der Waals surface area contributed by atoms with Crippen LogP contribution in [0.25, 0.3) is 0 Å². The van der Waals surface area contributed by atoms with E-state index in [9.17, 15) is 9.90 Å². The van der Waals surface area contributed by atoms with Crippen molar-refractivity contribution in [3.05, 3.63) is 17.5 Å². The van der Waals surface area contributed by atoms with Gasteiger partial charge in [-0.1, -0.05) is 0 Å². The fourth-order valence-electron chi connectivity index (χ4n) is 3.96. The number of amides is 1. The molecule has 140 valence electrons. The molecule has 1 aromatic heterocycles. The van der Waals surface area contributed by atoms with Crippen LogP contribution in [0.4, 0.5) is 0 Å². The molecule has 2 atom stereocenters. The van der Waals surface area contributed by atoms with Crippen LogP contribution in [-0.4, -0.2) is 94.0 Å². The minimum Gasteiger partial charge on any atom is -0.391 e. The van der Waals surface area contributed by atoms with Gasteiger partial charge in [-0.05, 0) is 39.8 Å². The fourth-order valence-corrected chi connectivity index (χ4v) is 3.96. The molecule has 0 aromatic carbocycles. The molecule has 0 saturated carbocycles. The maximum absolute atomic E-state index is 12.7. The van der Waals surface area contributed by atoms with Crippen LogP contribution in [0, 0.1) is 13.8 Å². The van der Waals surface area contributed by atoms with Crippen LogP contribution in [-0.2, 0) is 11.3 Å². The Labute approximate surface area is 150 Å². The third-order valence-electron chi connectivity index (χ3n) is 5.58. The van der Waals surface area contributed by atoms with E-state index in [1.54, 1.807) is 4.68 Å². The van der Waals surface area contributed by atoms with Gasteiger partial charge >= 0.3 is 0 Å². The molecule has 2 saturated heterocycles. The van der Waals surface area contributed by atoms with Crippen LogP contribution in [0.1, 0.15) is 24.2 Å². The summed E-state index contributed by atoms with van der Waals surface area (Å²) in [6.07, 6.45) is 1.14. The van der Waals surface area contributed by atoms with E-state index in [2.05, 4.69) is 21.9 Å². The normalized spacial score (nSPS) is 26.6. The number of carbonyl (C=O) groups excluding carboxylic acids is 1. The second-order valence-electron chi connectivity index (χ2n) is 7.52. The Hall–Kier alpha value is -1.44. The highest BCUT2D eigenvalue weighted by molar-refractivity contribution is 5.76. The maximum Gasteiger partial charge on any atom is 0.244 e. The van der Waals surface area contributed by atoms with E-state index in [0.29, 0.717) is 19.5 Å². The molecule has 25 heavy (non-hydrogen) atoms. The molecule has 0 unspecified atom stereocenters. The van der Waals surface area contributed by atoms with Gasteiger partial charge in [0, 0.05) is 51.0 Å². The Morgan fingerprint density at radius 2 is 1.84 bits per heavy atom. The molecule has 3 rings (SSSR count). The van der Waals surface area contributed by atoms with E-state index < -0.39 is 0 Å². The van der Waals surface area contributed by atoms with E-state index in [1.165, 1.54) is 0 Å². The summed E-state index contributed by atoms with van der Waals surface area (Å²) >= 11 is 0. The van der Waals surface area contributed by atoms with Gasteiger partial charge in [0.1, 0.15) is 6.54 Å². The molecule has 0 spiro atoms. The quantitative estimate of drug-likeness (QED) is 0.838. The van der Waals surface area contributed by atoms with E-state index in [0.717, 1.165) is 44.0 Å². The zero-order valence-electron chi connectivity index (χ0n) is 15.7. The molecule has 1 amide bonds. The molecule has 2 aliphatic heterocycles. The molecule has 7 heteroatoms. The highest BCUT2D eigenvalue weighted by Crippen LogP contribution is 2.19. The van der Waals surface area contributed by atoms with Crippen LogP contribution >= 0.6 is 0 Å². The van der Waals surface area contributed by atoms with Gasteiger partial charge in [-0.2, -0.15) is 5.10 Å². The first-order valence-electron chi connectivity index (χ1n) is 9.33. The Bertz CT molecular complexity index is 594. The van der Waals surface area contributed by atoms with Gasteiger partial charge in [-0.25, -0.2) is 0 Å². The van der Waals surface area contributed by atoms with Crippen LogP contribution < -0.4 is 0 Å². The number of rotatable bonds is 3. The topological polar surface area (TPSA) is 64.8 Å². The number of likely N-dealkylation sites (tertiary alicyclic amines) is 1. The lowest BCUT2D eigenvalue weighted by Gasteiger charge is -2.39. The largest absolute Gasteiger partial charge is 0.391 e. The molecule has 7 nitrogen and oxygen atoms in total. The van der Waals surface area contributed by atoms with E-state index in [-0.39, 0.29) is 24.6 Å². The second-order valence-corrected chi connectivity index (χ2v) is 7.52. The van der Waals surface area contributed by atoms with Crippen molar-refractivity contribution in [3.8, 4) is 0 Å². The monoisotopic (exact) mass is 349 g/mol. The van der Waals surface area contributed by atoms with Gasteiger partial charge in [0.15, 0.2) is 0 Å². The van der Waals surface area contributed by atoms with Gasteiger partial charge in [0.2, 0.25) is 5.91 Å². The van der Waals surface area contributed by atoms with Crippen molar-refractivity contribution in [2.24, 2.45) is 0 Å². The Morgan fingerprint density at radius 1 is 1.16 bits per heavy atom. The summed E-state index contributed by atoms with van der Waals surface area (Å²) in [5.74, 6) is 0.0948. The lowest BCUT2D eigenvalue weighted by molar-refractivity contribution is -0.132. The number of hydrogen-bond acceptors (Lipinski definition) is 5. The minimum atomic E-state index is -0.352. The molecular formula is C18H31N5O2. The molecule has 1 aromatic rings. The first-order chi connectivity index (χ1) is 11.9. The van der Waals surface area contributed by atoms with Gasteiger partial charge < -0.3 is 14.9 Å². The number of hydrogen-bond donors (Lipinski definition) is 1. The van der Waals surface area contributed by atoms with Gasteiger partial charge in [-0.3, -0.25) is 14.4 Å². The average molecular weight is 349 g/mol. The third-order valence-corrected chi connectivity index (χ3v) is 5.58. The fraction of sp³-hybridized carbons (Fsp3) is 0.778. The van der Waals surface area contributed by atoms with Crippen molar-refractivity contribution < 1.29 is 9.90 Å².